The topological polar surface area (TPSA) is 49.6 Å². The average Bonchev–Trinajstić information content (AvgIpc) is 2.43. The van der Waals surface area contributed by atoms with E-state index in [0.29, 0.717) is 6.54 Å². The zero-order chi connectivity index (χ0) is 14.4. The van der Waals surface area contributed by atoms with E-state index in [1.807, 2.05) is 46.1 Å². The van der Waals surface area contributed by atoms with Gasteiger partial charge in [0.2, 0.25) is 5.91 Å². The summed E-state index contributed by atoms with van der Waals surface area (Å²) in [5, 5.41) is 0. The van der Waals surface area contributed by atoms with E-state index in [0.717, 1.165) is 12.2 Å². The molecule has 0 saturated carbocycles. The van der Waals surface area contributed by atoms with Crippen LogP contribution in [0.1, 0.15) is 13.8 Å². The van der Waals surface area contributed by atoms with Gasteiger partial charge in [-0.2, -0.15) is 0 Å². The van der Waals surface area contributed by atoms with Crippen LogP contribution in [0.3, 0.4) is 0 Å². The van der Waals surface area contributed by atoms with Crippen molar-refractivity contribution in [2.24, 2.45) is 11.7 Å². The molecule has 2 N–H and O–H groups in total. The number of hydrogen-bond acceptors (Lipinski definition) is 3. The van der Waals surface area contributed by atoms with Crippen LogP contribution < -0.4 is 10.6 Å². The number of likely N-dealkylation sites (N-methyl/N-ethyl adjacent to an activating group) is 2. The Hall–Kier alpha value is -1.26. The summed E-state index contributed by atoms with van der Waals surface area (Å²) in [6.07, 6.45) is 0. The molecule has 0 unspecified atom stereocenters. The second-order valence-electron chi connectivity index (χ2n) is 5.29. The van der Waals surface area contributed by atoms with Crippen molar-refractivity contribution in [2.75, 3.05) is 32.1 Å². The maximum atomic E-state index is 12.0. The molecule has 0 aliphatic rings. The first-order valence-corrected chi connectivity index (χ1v) is 6.70. The van der Waals surface area contributed by atoms with Gasteiger partial charge >= 0.3 is 0 Å². The Labute approximate surface area is 128 Å². The van der Waals surface area contributed by atoms with Crippen molar-refractivity contribution in [3.63, 3.8) is 0 Å². The van der Waals surface area contributed by atoms with Gasteiger partial charge in [-0.3, -0.25) is 4.79 Å². The zero-order valence-electron chi connectivity index (χ0n) is 12.7. The lowest BCUT2D eigenvalue weighted by Gasteiger charge is -2.26. The lowest BCUT2D eigenvalue weighted by molar-refractivity contribution is -0.132. The molecule has 0 aliphatic heterocycles. The fraction of sp³-hybridized carbons (Fsp3) is 0.533. The minimum absolute atomic E-state index is 0. The van der Waals surface area contributed by atoms with Gasteiger partial charge in [-0.15, -0.1) is 12.4 Å². The maximum Gasteiger partial charge on any atom is 0.239 e. The van der Waals surface area contributed by atoms with Crippen LogP contribution in [-0.4, -0.2) is 44.0 Å². The highest BCUT2D eigenvalue weighted by molar-refractivity contribution is 5.85. The lowest BCUT2D eigenvalue weighted by Crippen LogP contribution is -2.46. The Balaban J connectivity index is 0.00000361. The van der Waals surface area contributed by atoms with E-state index < -0.39 is 6.04 Å². The van der Waals surface area contributed by atoms with Crippen molar-refractivity contribution in [3.05, 3.63) is 30.3 Å². The molecule has 1 atom stereocenters. The van der Waals surface area contributed by atoms with Gasteiger partial charge in [0.25, 0.3) is 0 Å². The molecule has 0 fully saturated rings. The van der Waals surface area contributed by atoms with Crippen molar-refractivity contribution >= 4 is 24.0 Å². The zero-order valence-corrected chi connectivity index (χ0v) is 13.6. The Kier molecular flexibility index (Phi) is 8.26. The van der Waals surface area contributed by atoms with Crippen LogP contribution in [0, 0.1) is 5.92 Å². The van der Waals surface area contributed by atoms with Crippen molar-refractivity contribution < 1.29 is 4.79 Å². The van der Waals surface area contributed by atoms with Gasteiger partial charge in [-0.05, 0) is 18.1 Å². The Morgan fingerprint density at radius 3 is 2.20 bits per heavy atom. The highest BCUT2D eigenvalue weighted by Crippen LogP contribution is 2.10. The lowest BCUT2D eigenvalue weighted by atomic mass is 10.0. The summed E-state index contributed by atoms with van der Waals surface area (Å²) in [7, 11) is 3.83. The molecule has 0 spiro atoms. The standard InChI is InChI=1S/C15H25N3O.ClH/c1-12(2)14(16)15(19)18(4)11-10-17(3)13-8-6-5-7-9-13;/h5-9,12,14H,10-11,16H2,1-4H3;1H/t14-;/m0./s1. The predicted molar refractivity (Wildman–Crippen MR) is 87.4 cm³/mol. The van der Waals surface area contributed by atoms with Crippen molar-refractivity contribution in [2.45, 2.75) is 19.9 Å². The van der Waals surface area contributed by atoms with Gasteiger partial charge in [0, 0.05) is 32.9 Å². The first-order valence-electron chi connectivity index (χ1n) is 6.70. The SMILES string of the molecule is CC(C)[C@H](N)C(=O)N(C)CCN(C)c1ccccc1.Cl. The number of amides is 1. The third kappa shape index (κ3) is 5.39. The number of rotatable bonds is 6. The van der Waals surface area contributed by atoms with E-state index in [1.165, 1.54) is 0 Å². The molecule has 0 saturated heterocycles. The van der Waals surface area contributed by atoms with E-state index in [9.17, 15) is 4.79 Å². The van der Waals surface area contributed by atoms with Gasteiger partial charge in [0.15, 0.2) is 0 Å². The molecule has 0 heterocycles. The van der Waals surface area contributed by atoms with E-state index in [1.54, 1.807) is 4.90 Å². The molecular weight excluding hydrogens is 274 g/mol. The van der Waals surface area contributed by atoms with Crippen LogP contribution >= 0.6 is 12.4 Å². The molecule has 4 nitrogen and oxygen atoms in total. The monoisotopic (exact) mass is 299 g/mol. The predicted octanol–water partition coefficient (Wildman–Crippen LogP) is 1.99. The molecule has 1 rings (SSSR count). The second-order valence-corrected chi connectivity index (χ2v) is 5.29. The number of anilines is 1. The van der Waals surface area contributed by atoms with Gasteiger partial charge in [-0.25, -0.2) is 0 Å². The summed E-state index contributed by atoms with van der Waals surface area (Å²) < 4.78 is 0. The van der Waals surface area contributed by atoms with Gasteiger partial charge in [-0.1, -0.05) is 32.0 Å². The van der Waals surface area contributed by atoms with Gasteiger partial charge < -0.3 is 15.5 Å². The van der Waals surface area contributed by atoms with E-state index in [-0.39, 0.29) is 24.2 Å². The number of carbonyl (C=O) groups excluding carboxylic acids is 1. The Morgan fingerprint density at radius 1 is 1.15 bits per heavy atom. The fourth-order valence-corrected chi connectivity index (χ4v) is 1.76. The number of hydrogen-bond donors (Lipinski definition) is 1. The summed E-state index contributed by atoms with van der Waals surface area (Å²) in [6.45, 7) is 5.39. The summed E-state index contributed by atoms with van der Waals surface area (Å²) in [5.41, 5.74) is 7.02. The van der Waals surface area contributed by atoms with E-state index in [2.05, 4.69) is 17.0 Å². The van der Waals surface area contributed by atoms with E-state index >= 15 is 0 Å². The number of benzene rings is 1. The Morgan fingerprint density at radius 2 is 1.70 bits per heavy atom. The quantitative estimate of drug-likeness (QED) is 0.874. The molecule has 0 radical (unpaired) electrons. The van der Waals surface area contributed by atoms with Crippen LogP contribution in [0.15, 0.2) is 30.3 Å². The minimum atomic E-state index is -0.410. The highest BCUT2D eigenvalue weighted by atomic mass is 35.5. The molecule has 0 aromatic heterocycles. The van der Waals surface area contributed by atoms with Crippen LogP contribution in [0.4, 0.5) is 5.69 Å². The number of nitrogens with two attached hydrogens (primary N) is 1. The molecule has 20 heavy (non-hydrogen) atoms. The molecule has 114 valence electrons. The van der Waals surface area contributed by atoms with E-state index in [4.69, 9.17) is 5.73 Å². The molecule has 0 bridgehead atoms. The third-order valence-corrected chi connectivity index (χ3v) is 3.35. The molecule has 1 amide bonds. The molecular formula is C15H26ClN3O. The first kappa shape index (κ1) is 18.7. The molecule has 5 heteroatoms. The largest absolute Gasteiger partial charge is 0.373 e. The molecule has 0 aliphatic carbocycles. The number of nitrogens with zero attached hydrogens (tertiary/aromatic N) is 2. The fourth-order valence-electron chi connectivity index (χ4n) is 1.76. The number of halogens is 1. The van der Waals surface area contributed by atoms with Crippen LogP contribution in [0.5, 0.6) is 0 Å². The number of carbonyl (C=O) groups is 1. The second kappa shape index (κ2) is 8.82. The minimum Gasteiger partial charge on any atom is -0.373 e. The summed E-state index contributed by atoms with van der Waals surface area (Å²) in [5.74, 6) is 0.179. The van der Waals surface area contributed by atoms with Crippen LogP contribution in [0.2, 0.25) is 0 Å². The molecule has 1 aromatic rings. The van der Waals surface area contributed by atoms with Crippen molar-refractivity contribution in [1.29, 1.82) is 0 Å². The average molecular weight is 300 g/mol. The van der Waals surface area contributed by atoms with Crippen molar-refractivity contribution in [3.8, 4) is 0 Å². The normalized spacial score (nSPS) is 11.7. The summed E-state index contributed by atoms with van der Waals surface area (Å²) in [4.78, 5) is 15.9. The maximum absolute atomic E-state index is 12.0. The Bertz CT molecular complexity index is 397. The first-order chi connectivity index (χ1) is 8.93. The van der Waals surface area contributed by atoms with Crippen LogP contribution in [0.25, 0.3) is 0 Å². The smallest absolute Gasteiger partial charge is 0.239 e. The highest BCUT2D eigenvalue weighted by Gasteiger charge is 2.20. The third-order valence-electron chi connectivity index (χ3n) is 3.35. The van der Waals surface area contributed by atoms with Gasteiger partial charge in [0.1, 0.15) is 0 Å². The molecule has 1 aromatic carbocycles. The van der Waals surface area contributed by atoms with Crippen molar-refractivity contribution in [1.82, 2.24) is 4.90 Å². The van der Waals surface area contributed by atoms with Gasteiger partial charge in [0.05, 0.1) is 6.04 Å². The summed E-state index contributed by atoms with van der Waals surface area (Å²) >= 11 is 0. The summed E-state index contributed by atoms with van der Waals surface area (Å²) in [6, 6.07) is 9.72. The van der Waals surface area contributed by atoms with Crippen LogP contribution in [-0.2, 0) is 4.79 Å². The number of para-hydroxylation sites is 1.